The lowest BCUT2D eigenvalue weighted by molar-refractivity contribution is -0.143. The van der Waals surface area contributed by atoms with Gasteiger partial charge in [-0.3, -0.25) is 9.69 Å². The van der Waals surface area contributed by atoms with E-state index in [0.29, 0.717) is 37.3 Å². The second kappa shape index (κ2) is 7.63. The van der Waals surface area contributed by atoms with Crippen LogP contribution < -0.4 is 4.90 Å². The highest BCUT2D eigenvalue weighted by atomic mass is 19.1. The van der Waals surface area contributed by atoms with Crippen molar-refractivity contribution in [3.05, 3.63) is 65.7 Å². The summed E-state index contributed by atoms with van der Waals surface area (Å²) in [7, 11) is 0. The molecule has 31 heavy (non-hydrogen) atoms. The number of H-pyrrole nitrogens is 1. The van der Waals surface area contributed by atoms with Gasteiger partial charge >= 0.3 is 5.97 Å². The number of anilines is 1. The molecule has 1 aliphatic heterocycles. The predicted molar refractivity (Wildman–Crippen MR) is 117 cm³/mol. The average Bonchev–Trinajstić information content (AvgIpc) is 3.16. The minimum Gasteiger partial charge on any atom is -0.480 e. The molecule has 7 nitrogen and oxygen atoms in total. The van der Waals surface area contributed by atoms with Crippen LogP contribution in [0, 0.1) is 12.7 Å². The van der Waals surface area contributed by atoms with E-state index in [1.54, 1.807) is 12.3 Å². The van der Waals surface area contributed by atoms with Crippen molar-refractivity contribution < 1.29 is 14.3 Å². The fraction of sp³-hybridized carbons (Fsp3) is 0.261. The summed E-state index contributed by atoms with van der Waals surface area (Å²) < 4.78 is 13.5. The van der Waals surface area contributed by atoms with E-state index in [0.717, 1.165) is 27.9 Å². The minimum atomic E-state index is -0.916. The Labute approximate surface area is 178 Å². The van der Waals surface area contributed by atoms with Crippen LogP contribution in [-0.4, -0.2) is 57.1 Å². The van der Waals surface area contributed by atoms with Crippen LogP contribution in [0.3, 0.4) is 0 Å². The number of nitrogens with zero attached hydrogens (tertiary/aromatic N) is 4. The minimum absolute atomic E-state index is 0.353. The normalized spacial score (nSPS) is 16.1. The van der Waals surface area contributed by atoms with Crippen molar-refractivity contribution in [1.82, 2.24) is 19.9 Å². The maximum absolute atomic E-state index is 13.5. The van der Waals surface area contributed by atoms with Crippen molar-refractivity contribution in [3.8, 4) is 0 Å². The van der Waals surface area contributed by atoms with E-state index in [2.05, 4.69) is 14.9 Å². The van der Waals surface area contributed by atoms with Gasteiger partial charge in [0, 0.05) is 48.8 Å². The van der Waals surface area contributed by atoms with E-state index in [-0.39, 0.29) is 5.82 Å². The Morgan fingerprint density at radius 1 is 1.10 bits per heavy atom. The van der Waals surface area contributed by atoms with Gasteiger partial charge in [0.05, 0.1) is 16.7 Å². The van der Waals surface area contributed by atoms with Gasteiger partial charge in [0.2, 0.25) is 0 Å². The number of piperazine rings is 1. The molecule has 0 bridgehead atoms. The van der Waals surface area contributed by atoms with Gasteiger partial charge in [-0.1, -0.05) is 12.1 Å². The predicted octanol–water partition coefficient (Wildman–Crippen LogP) is 3.51. The van der Waals surface area contributed by atoms with Crippen molar-refractivity contribution >= 4 is 33.7 Å². The average molecular weight is 419 g/mol. The molecule has 1 unspecified atom stereocenters. The van der Waals surface area contributed by atoms with Crippen molar-refractivity contribution in [2.45, 2.75) is 13.0 Å². The maximum atomic E-state index is 13.5. The zero-order valence-corrected chi connectivity index (χ0v) is 17.0. The number of aryl methyl sites for hydroxylation is 1. The Bertz CT molecular complexity index is 1280. The third kappa shape index (κ3) is 3.48. The first-order valence-electron chi connectivity index (χ1n) is 10.2. The van der Waals surface area contributed by atoms with E-state index in [9.17, 15) is 14.3 Å². The quantitative estimate of drug-likeness (QED) is 0.527. The first-order valence-corrected chi connectivity index (χ1v) is 10.2. The second-order valence-corrected chi connectivity index (χ2v) is 7.82. The van der Waals surface area contributed by atoms with Crippen molar-refractivity contribution in [1.29, 1.82) is 0 Å². The molecular formula is C23H22FN5O2. The third-order valence-corrected chi connectivity index (χ3v) is 5.90. The SMILES string of the molecule is Cc1nc2ccccc2nc1N1CCN(C(C(=O)O)c2c[nH]c3cc(F)ccc23)CC1. The molecule has 1 aliphatic rings. The van der Waals surface area contributed by atoms with E-state index in [1.165, 1.54) is 12.1 Å². The molecule has 0 amide bonds. The number of benzene rings is 2. The van der Waals surface area contributed by atoms with Crippen LogP contribution in [0.2, 0.25) is 0 Å². The summed E-state index contributed by atoms with van der Waals surface area (Å²) in [6.45, 7) is 4.38. The monoisotopic (exact) mass is 419 g/mol. The number of para-hydroxylation sites is 2. The molecule has 0 radical (unpaired) electrons. The maximum Gasteiger partial charge on any atom is 0.325 e. The smallest absolute Gasteiger partial charge is 0.325 e. The first kappa shape index (κ1) is 19.4. The molecule has 0 aliphatic carbocycles. The van der Waals surface area contributed by atoms with Crippen LogP contribution in [0.15, 0.2) is 48.7 Å². The lowest BCUT2D eigenvalue weighted by Crippen LogP contribution is -2.49. The zero-order valence-electron chi connectivity index (χ0n) is 17.0. The number of hydrogen-bond acceptors (Lipinski definition) is 5. The number of nitrogens with one attached hydrogen (secondary N) is 1. The van der Waals surface area contributed by atoms with E-state index in [4.69, 9.17) is 4.98 Å². The summed E-state index contributed by atoms with van der Waals surface area (Å²) in [6, 6.07) is 11.4. The number of carboxylic acid groups (broad SMARTS) is 1. The molecule has 3 heterocycles. The first-order chi connectivity index (χ1) is 15.0. The molecular weight excluding hydrogens is 397 g/mol. The summed E-state index contributed by atoms with van der Waals surface area (Å²) >= 11 is 0. The lowest BCUT2D eigenvalue weighted by Gasteiger charge is -2.38. The molecule has 4 aromatic rings. The number of aromatic nitrogens is 3. The van der Waals surface area contributed by atoms with Crippen molar-refractivity contribution in [2.75, 3.05) is 31.1 Å². The summed E-state index contributed by atoms with van der Waals surface area (Å²) in [5, 5.41) is 10.7. The lowest BCUT2D eigenvalue weighted by atomic mass is 10.0. The third-order valence-electron chi connectivity index (χ3n) is 5.90. The van der Waals surface area contributed by atoms with Crippen LogP contribution in [0.5, 0.6) is 0 Å². The Morgan fingerprint density at radius 2 is 1.81 bits per heavy atom. The van der Waals surface area contributed by atoms with Gasteiger partial charge < -0.3 is 15.0 Å². The van der Waals surface area contributed by atoms with Gasteiger partial charge in [0.15, 0.2) is 5.82 Å². The largest absolute Gasteiger partial charge is 0.480 e. The summed E-state index contributed by atoms with van der Waals surface area (Å²) in [4.78, 5) is 28.8. The molecule has 2 aromatic heterocycles. The number of aliphatic carboxylic acids is 1. The van der Waals surface area contributed by atoms with Crippen molar-refractivity contribution in [3.63, 3.8) is 0 Å². The number of fused-ring (bicyclic) bond motifs is 2. The second-order valence-electron chi connectivity index (χ2n) is 7.82. The molecule has 8 heteroatoms. The van der Waals surface area contributed by atoms with Crippen LogP contribution in [-0.2, 0) is 4.79 Å². The molecule has 5 rings (SSSR count). The zero-order chi connectivity index (χ0) is 21.5. The van der Waals surface area contributed by atoms with E-state index in [1.807, 2.05) is 36.1 Å². The highest BCUT2D eigenvalue weighted by molar-refractivity contribution is 5.89. The summed E-state index contributed by atoms with van der Waals surface area (Å²) in [5.41, 5.74) is 3.82. The van der Waals surface area contributed by atoms with Gasteiger partial charge in [-0.25, -0.2) is 14.4 Å². The topological polar surface area (TPSA) is 85.3 Å². The fourth-order valence-electron chi connectivity index (χ4n) is 4.40. The number of aromatic amines is 1. The Kier molecular flexibility index (Phi) is 4.78. The highest BCUT2D eigenvalue weighted by Crippen LogP contribution is 2.31. The standard InChI is InChI=1S/C23H22FN5O2/c1-14-22(27-19-5-3-2-4-18(19)26-14)29-10-8-28(9-11-29)21(23(30)31)17-13-25-20-12-15(24)6-7-16(17)20/h2-7,12-13,21,25H,8-11H2,1H3,(H,30,31). The van der Waals surface area contributed by atoms with E-state index < -0.39 is 12.0 Å². The highest BCUT2D eigenvalue weighted by Gasteiger charge is 2.32. The number of carboxylic acids is 1. The van der Waals surface area contributed by atoms with Crippen LogP contribution in [0.1, 0.15) is 17.3 Å². The Morgan fingerprint density at radius 3 is 2.52 bits per heavy atom. The van der Waals surface area contributed by atoms with Crippen LogP contribution in [0.4, 0.5) is 10.2 Å². The Balaban J connectivity index is 1.39. The Hall–Kier alpha value is -3.52. The fourth-order valence-corrected chi connectivity index (χ4v) is 4.40. The molecule has 158 valence electrons. The van der Waals surface area contributed by atoms with Crippen LogP contribution >= 0.6 is 0 Å². The van der Waals surface area contributed by atoms with Gasteiger partial charge in [-0.2, -0.15) is 0 Å². The van der Waals surface area contributed by atoms with Gasteiger partial charge in [-0.15, -0.1) is 0 Å². The van der Waals surface area contributed by atoms with Crippen LogP contribution in [0.25, 0.3) is 21.9 Å². The molecule has 0 spiro atoms. The number of hydrogen-bond donors (Lipinski definition) is 2. The summed E-state index contributed by atoms with van der Waals surface area (Å²) in [6.07, 6.45) is 1.67. The molecule has 2 N–H and O–H groups in total. The number of carbonyl (C=O) groups is 1. The summed E-state index contributed by atoms with van der Waals surface area (Å²) in [5.74, 6) is -0.429. The molecule has 0 saturated carbocycles. The molecule has 1 saturated heterocycles. The van der Waals surface area contributed by atoms with E-state index >= 15 is 0 Å². The van der Waals surface area contributed by atoms with Gasteiger partial charge in [0.25, 0.3) is 0 Å². The molecule has 2 aromatic carbocycles. The van der Waals surface area contributed by atoms with Crippen molar-refractivity contribution in [2.24, 2.45) is 0 Å². The van der Waals surface area contributed by atoms with Gasteiger partial charge in [-0.05, 0) is 37.3 Å². The molecule has 1 fully saturated rings. The number of rotatable bonds is 4. The van der Waals surface area contributed by atoms with Gasteiger partial charge in [0.1, 0.15) is 11.9 Å². The number of halogens is 1. The molecule has 1 atom stereocenters.